The van der Waals surface area contributed by atoms with Crippen LogP contribution in [0.25, 0.3) is 6.08 Å². The molecule has 2 rings (SSSR count). The first-order valence-corrected chi connectivity index (χ1v) is 9.64. The number of rotatable bonds is 8. The van der Waals surface area contributed by atoms with Crippen molar-refractivity contribution in [2.45, 2.75) is 33.8 Å². The maximum Gasteiger partial charge on any atom is 0.350 e. The quantitative estimate of drug-likeness (QED) is 0.527. The number of carbonyl (C=O) groups excluding carboxylic acids is 2. The number of esters is 1. The summed E-state index contributed by atoms with van der Waals surface area (Å²) in [6.45, 7) is 7.58. The molecule has 0 fully saturated rings. The summed E-state index contributed by atoms with van der Waals surface area (Å²) in [6, 6.07) is 5.41. The Kier molecular flexibility index (Phi) is 7.57. The molecule has 2 aromatic rings. The molecule has 28 heavy (non-hydrogen) atoms. The lowest BCUT2D eigenvalue weighted by atomic mass is 10.2. The summed E-state index contributed by atoms with van der Waals surface area (Å²) in [7, 11) is 1.56. The van der Waals surface area contributed by atoms with E-state index >= 15 is 0 Å². The van der Waals surface area contributed by atoms with E-state index in [1.807, 2.05) is 19.9 Å². The fraction of sp³-hybridized carbons (Fsp3) is 0.350. The van der Waals surface area contributed by atoms with E-state index in [4.69, 9.17) is 14.2 Å². The lowest BCUT2D eigenvalue weighted by molar-refractivity contribution is -0.111. The summed E-state index contributed by atoms with van der Waals surface area (Å²) in [5.74, 6) is 0.435. The second-order valence-electron chi connectivity index (χ2n) is 6.05. The maximum atomic E-state index is 12.2. The number of anilines is 1. The average molecular weight is 404 g/mol. The fourth-order valence-corrected chi connectivity index (χ4v) is 3.16. The normalized spacial score (nSPS) is 10.9. The number of aromatic nitrogens is 1. The van der Waals surface area contributed by atoms with Crippen molar-refractivity contribution in [3.8, 4) is 11.5 Å². The molecule has 0 aliphatic rings. The summed E-state index contributed by atoms with van der Waals surface area (Å²) in [4.78, 5) is 28.6. The second kappa shape index (κ2) is 9.89. The van der Waals surface area contributed by atoms with Crippen molar-refractivity contribution in [1.29, 1.82) is 0 Å². The Morgan fingerprint density at radius 1 is 1.29 bits per heavy atom. The molecule has 0 saturated carbocycles. The van der Waals surface area contributed by atoms with Crippen molar-refractivity contribution in [2.75, 3.05) is 19.0 Å². The Morgan fingerprint density at radius 3 is 2.68 bits per heavy atom. The zero-order valence-corrected chi connectivity index (χ0v) is 17.4. The first kappa shape index (κ1) is 21.4. The number of aryl methyl sites for hydroxylation is 1. The van der Waals surface area contributed by atoms with E-state index in [1.165, 1.54) is 6.08 Å². The van der Waals surface area contributed by atoms with Crippen molar-refractivity contribution < 1.29 is 23.8 Å². The molecule has 1 amide bonds. The van der Waals surface area contributed by atoms with Crippen molar-refractivity contribution in [3.05, 3.63) is 40.4 Å². The molecular formula is C20H24N2O5S. The topological polar surface area (TPSA) is 86.8 Å². The standard InChI is InChI=1S/C20H24N2O5S/c1-6-26-19(24)18-13(4)21-20(28-18)22-17(23)10-8-14-7-9-15(27-12(2)3)16(11-14)25-5/h7-12H,6H2,1-5H3,(H,21,22,23). The van der Waals surface area contributed by atoms with Crippen LogP contribution in [0.1, 0.15) is 41.7 Å². The monoisotopic (exact) mass is 404 g/mol. The van der Waals surface area contributed by atoms with Crippen LogP contribution in [0.4, 0.5) is 5.13 Å². The molecule has 1 N–H and O–H groups in total. The lowest BCUT2D eigenvalue weighted by Gasteiger charge is -2.13. The van der Waals surface area contributed by atoms with Gasteiger partial charge in [-0.3, -0.25) is 10.1 Å². The summed E-state index contributed by atoms with van der Waals surface area (Å²) >= 11 is 1.08. The molecule has 1 heterocycles. The number of carbonyl (C=O) groups is 2. The number of ether oxygens (including phenoxy) is 3. The van der Waals surface area contributed by atoms with Crippen LogP contribution in [0, 0.1) is 6.92 Å². The fourth-order valence-electron chi connectivity index (χ4n) is 2.29. The Labute approximate surface area is 168 Å². The van der Waals surface area contributed by atoms with Crippen LogP contribution in [-0.2, 0) is 9.53 Å². The van der Waals surface area contributed by atoms with Crippen molar-refractivity contribution in [3.63, 3.8) is 0 Å². The van der Waals surface area contributed by atoms with Crippen LogP contribution >= 0.6 is 11.3 Å². The van der Waals surface area contributed by atoms with Gasteiger partial charge in [-0.2, -0.15) is 0 Å². The highest BCUT2D eigenvalue weighted by Gasteiger charge is 2.17. The molecule has 0 aliphatic heterocycles. The van der Waals surface area contributed by atoms with Gasteiger partial charge in [0, 0.05) is 6.08 Å². The van der Waals surface area contributed by atoms with Gasteiger partial charge in [-0.1, -0.05) is 17.4 Å². The first-order valence-electron chi connectivity index (χ1n) is 8.82. The smallest absolute Gasteiger partial charge is 0.350 e. The molecule has 7 nitrogen and oxygen atoms in total. The van der Waals surface area contributed by atoms with E-state index in [2.05, 4.69) is 10.3 Å². The van der Waals surface area contributed by atoms with Gasteiger partial charge < -0.3 is 14.2 Å². The Bertz CT molecular complexity index is 873. The molecular weight excluding hydrogens is 380 g/mol. The predicted molar refractivity (Wildman–Crippen MR) is 109 cm³/mol. The van der Waals surface area contributed by atoms with E-state index in [-0.39, 0.29) is 18.6 Å². The Balaban J connectivity index is 2.06. The van der Waals surface area contributed by atoms with Gasteiger partial charge in [-0.15, -0.1) is 0 Å². The number of nitrogens with one attached hydrogen (secondary N) is 1. The molecule has 0 spiro atoms. The minimum absolute atomic E-state index is 0.0299. The van der Waals surface area contributed by atoms with Gasteiger partial charge in [0.1, 0.15) is 4.88 Å². The average Bonchev–Trinajstić information content (AvgIpc) is 3.00. The Hall–Kier alpha value is -2.87. The van der Waals surface area contributed by atoms with Gasteiger partial charge in [0.2, 0.25) is 5.91 Å². The molecule has 0 aliphatic carbocycles. The van der Waals surface area contributed by atoms with Crippen LogP contribution in [-0.4, -0.2) is 36.7 Å². The SMILES string of the molecule is CCOC(=O)c1sc(NC(=O)C=Cc2ccc(OC(C)C)c(OC)c2)nc1C. The van der Waals surface area contributed by atoms with Gasteiger partial charge in [0.25, 0.3) is 0 Å². The molecule has 0 radical (unpaired) electrons. The third kappa shape index (κ3) is 5.82. The van der Waals surface area contributed by atoms with Gasteiger partial charge in [0.05, 0.1) is 25.5 Å². The van der Waals surface area contributed by atoms with Crippen LogP contribution in [0.15, 0.2) is 24.3 Å². The predicted octanol–water partition coefficient (Wildman–Crippen LogP) is 4.08. The largest absolute Gasteiger partial charge is 0.493 e. The number of thiazole rings is 1. The summed E-state index contributed by atoms with van der Waals surface area (Å²) < 4.78 is 16.0. The van der Waals surface area contributed by atoms with Crippen LogP contribution in [0.5, 0.6) is 11.5 Å². The number of nitrogens with zero attached hydrogens (tertiary/aromatic N) is 1. The molecule has 1 aromatic carbocycles. The minimum atomic E-state index is -0.440. The lowest BCUT2D eigenvalue weighted by Crippen LogP contribution is -2.07. The van der Waals surface area contributed by atoms with Crippen LogP contribution in [0.2, 0.25) is 0 Å². The van der Waals surface area contributed by atoms with Gasteiger partial charge in [0.15, 0.2) is 16.6 Å². The molecule has 0 saturated heterocycles. The summed E-state index contributed by atoms with van der Waals surface area (Å²) in [6.07, 6.45) is 3.07. The number of methoxy groups -OCH3 is 1. The first-order chi connectivity index (χ1) is 13.3. The molecule has 0 atom stereocenters. The highest BCUT2D eigenvalue weighted by atomic mass is 32.1. The summed E-state index contributed by atoms with van der Waals surface area (Å²) in [5, 5.41) is 3.00. The van der Waals surface area contributed by atoms with Crippen LogP contribution < -0.4 is 14.8 Å². The molecule has 0 unspecified atom stereocenters. The highest BCUT2D eigenvalue weighted by molar-refractivity contribution is 7.17. The number of amides is 1. The molecule has 150 valence electrons. The van der Waals surface area contributed by atoms with E-state index in [0.717, 1.165) is 16.9 Å². The molecule has 0 bridgehead atoms. The van der Waals surface area contributed by atoms with Crippen molar-refractivity contribution in [1.82, 2.24) is 4.98 Å². The second-order valence-corrected chi connectivity index (χ2v) is 7.05. The summed E-state index contributed by atoms with van der Waals surface area (Å²) in [5.41, 5.74) is 1.30. The van der Waals surface area contributed by atoms with E-state index in [1.54, 1.807) is 39.2 Å². The van der Waals surface area contributed by atoms with Gasteiger partial charge in [-0.05, 0) is 51.5 Å². The zero-order valence-electron chi connectivity index (χ0n) is 16.6. The third-order valence-corrected chi connectivity index (χ3v) is 4.52. The van der Waals surface area contributed by atoms with Crippen molar-refractivity contribution >= 4 is 34.4 Å². The zero-order chi connectivity index (χ0) is 20.7. The van der Waals surface area contributed by atoms with Crippen LogP contribution in [0.3, 0.4) is 0 Å². The molecule has 8 heteroatoms. The van der Waals surface area contributed by atoms with Gasteiger partial charge in [-0.25, -0.2) is 9.78 Å². The van der Waals surface area contributed by atoms with Gasteiger partial charge >= 0.3 is 5.97 Å². The van der Waals surface area contributed by atoms with E-state index in [9.17, 15) is 9.59 Å². The highest BCUT2D eigenvalue weighted by Crippen LogP contribution is 2.29. The van der Waals surface area contributed by atoms with E-state index < -0.39 is 5.97 Å². The number of benzene rings is 1. The third-order valence-electron chi connectivity index (χ3n) is 3.47. The minimum Gasteiger partial charge on any atom is -0.493 e. The molecule has 1 aromatic heterocycles. The number of hydrogen-bond acceptors (Lipinski definition) is 7. The van der Waals surface area contributed by atoms with Crippen molar-refractivity contribution in [2.24, 2.45) is 0 Å². The maximum absolute atomic E-state index is 12.2. The van der Waals surface area contributed by atoms with E-state index in [0.29, 0.717) is 27.2 Å². The number of hydrogen-bond donors (Lipinski definition) is 1. The Morgan fingerprint density at radius 2 is 2.04 bits per heavy atom.